The van der Waals surface area contributed by atoms with Gasteiger partial charge >= 0.3 is 0 Å². The van der Waals surface area contributed by atoms with Gasteiger partial charge < -0.3 is 4.90 Å². The van der Waals surface area contributed by atoms with Gasteiger partial charge in [-0.3, -0.25) is 4.79 Å². The fourth-order valence-electron chi connectivity index (χ4n) is 1.61. The molecule has 0 saturated heterocycles. The zero-order valence-corrected chi connectivity index (χ0v) is 12.4. The monoisotopic (exact) mass is 245 g/mol. The van der Waals surface area contributed by atoms with Crippen LogP contribution >= 0.6 is 12.6 Å². The van der Waals surface area contributed by atoms with Gasteiger partial charge in [-0.05, 0) is 17.8 Å². The Bertz CT molecular complexity index is 204. The Balaban J connectivity index is 4.55. The van der Waals surface area contributed by atoms with Crippen molar-refractivity contribution >= 4 is 18.5 Å². The van der Waals surface area contributed by atoms with Crippen LogP contribution in [0.1, 0.15) is 41.5 Å². The van der Waals surface area contributed by atoms with Gasteiger partial charge in [0, 0.05) is 13.1 Å². The van der Waals surface area contributed by atoms with Gasteiger partial charge in [0.25, 0.3) is 0 Å². The number of carbonyl (C=O) groups is 1. The molecule has 0 aliphatic heterocycles. The number of rotatable bonds is 6. The molecule has 3 heteroatoms. The fraction of sp³-hybridized carbons (Fsp3) is 0.923. The highest BCUT2D eigenvalue weighted by Gasteiger charge is 2.24. The molecule has 0 saturated carbocycles. The largest absolute Gasteiger partial charge is 0.341 e. The Labute approximate surface area is 106 Å². The third-order valence-electron chi connectivity index (χ3n) is 2.37. The lowest BCUT2D eigenvalue weighted by Crippen LogP contribution is -2.42. The molecule has 16 heavy (non-hydrogen) atoms. The van der Waals surface area contributed by atoms with Crippen molar-refractivity contribution in [2.45, 2.75) is 46.8 Å². The second-order valence-corrected chi connectivity index (χ2v) is 6.28. The molecule has 0 aliphatic rings. The molecule has 0 bridgehead atoms. The molecule has 1 amide bonds. The van der Waals surface area contributed by atoms with Gasteiger partial charge in [0.05, 0.1) is 5.25 Å². The van der Waals surface area contributed by atoms with Crippen molar-refractivity contribution in [2.75, 3.05) is 13.1 Å². The van der Waals surface area contributed by atoms with Gasteiger partial charge in [-0.1, -0.05) is 41.5 Å². The summed E-state index contributed by atoms with van der Waals surface area (Å²) in [7, 11) is 0. The van der Waals surface area contributed by atoms with Crippen LogP contribution in [0.15, 0.2) is 0 Å². The standard InChI is InChI=1S/C13H27NOS/c1-9(2)7-14(8-10(3)4)13(15)12(16)11(5)6/h9-12,16H,7-8H2,1-6H3. The summed E-state index contributed by atoms with van der Waals surface area (Å²) in [5.74, 6) is 1.49. The highest BCUT2D eigenvalue weighted by molar-refractivity contribution is 7.81. The molecule has 96 valence electrons. The Morgan fingerprint density at radius 1 is 1.00 bits per heavy atom. The van der Waals surface area contributed by atoms with E-state index in [1.165, 1.54) is 0 Å². The van der Waals surface area contributed by atoms with Crippen molar-refractivity contribution < 1.29 is 4.79 Å². The van der Waals surface area contributed by atoms with E-state index in [1.54, 1.807) is 0 Å². The minimum Gasteiger partial charge on any atom is -0.341 e. The summed E-state index contributed by atoms with van der Waals surface area (Å²) in [4.78, 5) is 14.2. The van der Waals surface area contributed by atoms with E-state index in [4.69, 9.17) is 0 Å². The Morgan fingerprint density at radius 2 is 1.38 bits per heavy atom. The molecule has 1 unspecified atom stereocenters. The molecule has 0 N–H and O–H groups in total. The molecule has 0 aromatic heterocycles. The molecule has 0 spiro atoms. The molecule has 1 atom stereocenters. The number of thiol groups is 1. The minimum absolute atomic E-state index is 0.169. The molecule has 0 aliphatic carbocycles. The first-order chi connectivity index (χ1) is 7.25. The number of hydrogen-bond donors (Lipinski definition) is 1. The molecule has 0 aromatic carbocycles. The Morgan fingerprint density at radius 3 is 1.62 bits per heavy atom. The van der Waals surface area contributed by atoms with Gasteiger partial charge in [-0.25, -0.2) is 0 Å². The lowest BCUT2D eigenvalue weighted by Gasteiger charge is -2.29. The van der Waals surface area contributed by atoms with Crippen molar-refractivity contribution in [3.63, 3.8) is 0 Å². The summed E-state index contributed by atoms with van der Waals surface area (Å²) >= 11 is 4.41. The van der Waals surface area contributed by atoms with Crippen LogP contribution in [0.3, 0.4) is 0 Å². The minimum atomic E-state index is -0.169. The third-order valence-corrected chi connectivity index (χ3v) is 3.18. The summed E-state index contributed by atoms with van der Waals surface area (Å²) < 4.78 is 0. The van der Waals surface area contributed by atoms with E-state index in [1.807, 2.05) is 18.7 Å². The van der Waals surface area contributed by atoms with E-state index in [0.29, 0.717) is 11.8 Å². The average molecular weight is 245 g/mol. The van der Waals surface area contributed by atoms with Crippen molar-refractivity contribution in [3.05, 3.63) is 0 Å². The van der Waals surface area contributed by atoms with Crippen molar-refractivity contribution in [2.24, 2.45) is 17.8 Å². The topological polar surface area (TPSA) is 20.3 Å². The zero-order chi connectivity index (χ0) is 12.9. The number of carbonyl (C=O) groups excluding carboxylic acids is 1. The molecular formula is C13H27NOS. The lowest BCUT2D eigenvalue weighted by molar-refractivity contribution is -0.132. The fourth-order valence-corrected chi connectivity index (χ4v) is 1.77. The SMILES string of the molecule is CC(C)CN(CC(C)C)C(=O)C(S)C(C)C. The molecule has 2 nitrogen and oxygen atoms in total. The van der Waals surface area contributed by atoms with E-state index in [-0.39, 0.29) is 17.1 Å². The third kappa shape index (κ3) is 5.78. The van der Waals surface area contributed by atoms with Crippen molar-refractivity contribution in [1.82, 2.24) is 4.90 Å². The van der Waals surface area contributed by atoms with Gasteiger partial charge in [0.1, 0.15) is 0 Å². The van der Waals surface area contributed by atoms with E-state index in [9.17, 15) is 4.79 Å². The number of hydrogen-bond acceptors (Lipinski definition) is 2. The van der Waals surface area contributed by atoms with Crippen LogP contribution in [-0.2, 0) is 4.79 Å². The average Bonchev–Trinajstić information content (AvgIpc) is 2.12. The summed E-state index contributed by atoms with van der Waals surface area (Å²) in [6.07, 6.45) is 0. The molecule has 0 heterocycles. The highest BCUT2D eigenvalue weighted by atomic mass is 32.1. The lowest BCUT2D eigenvalue weighted by atomic mass is 10.1. The van der Waals surface area contributed by atoms with E-state index in [2.05, 4.69) is 40.3 Å². The van der Waals surface area contributed by atoms with Crippen LogP contribution < -0.4 is 0 Å². The maximum absolute atomic E-state index is 12.2. The normalized spacial score (nSPS) is 13.6. The first kappa shape index (κ1) is 15.8. The maximum Gasteiger partial charge on any atom is 0.235 e. The first-order valence-corrected chi connectivity index (χ1v) is 6.74. The molecular weight excluding hydrogens is 218 g/mol. The van der Waals surface area contributed by atoms with Gasteiger partial charge in [-0.2, -0.15) is 12.6 Å². The quantitative estimate of drug-likeness (QED) is 0.713. The molecule has 0 fully saturated rings. The van der Waals surface area contributed by atoms with E-state index < -0.39 is 0 Å². The predicted octanol–water partition coefficient (Wildman–Crippen LogP) is 3.08. The molecule has 0 aromatic rings. The van der Waals surface area contributed by atoms with E-state index >= 15 is 0 Å². The summed E-state index contributed by atoms with van der Waals surface area (Å²) in [6.45, 7) is 14.3. The van der Waals surface area contributed by atoms with Crippen LogP contribution in [0.4, 0.5) is 0 Å². The van der Waals surface area contributed by atoms with Crippen LogP contribution in [0, 0.1) is 17.8 Å². The van der Waals surface area contributed by atoms with Gasteiger partial charge in [0.2, 0.25) is 5.91 Å². The number of amides is 1. The van der Waals surface area contributed by atoms with Crippen molar-refractivity contribution in [1.29, 1.82) is 0 Å². The molecule has 0 radical (unpaired) electrons. The first-order valence-electron chi connectivity index (χ1n) is 6.22. The smallest absolute Gasteiger partial charge is 0.235 e. The van der Waals surface area contributed by atoms with Crippen LogP contribution in [0.25, 0.3) is 0 Å². The summed E-state index contributed by atoms with van der Waals surface area (Å²) in [6, 6.07) is 0. The van der Waals surface area contributed by atoms with Crippen LogP contribution in [0.2, 0.25) is 0 Å². The second kappa shape index (κ2) is 7.21. The predicted molar refractivity (Wildman–Crippen MR) is 73.9 cm³/mol. The Kier molecular flexibility index (Phi) is 7.12. The zero-order valence-electron chi connectivity index (χ0n) is 11.5. The van der Waals surface area contributed by atoms with Gasteiger partial charge in [-0.15, -0.1) is 0 Å². The molecule has 0 rings (SSSR count). The van der Waals surface area contributed by atoms with Gasteiger partial charge in [0.15, 0.2) is 0 Å². The van der Waals surface area contributed by atoms with Crippen LogP contribution in [-0.4, -0.2) is 29.1 Å². The van der Waals surface area contributed by atoms with E-state index in [0.717, 1.165) is 13.1 Å². The summed E-state index contributed by atoms with van der Waals surface area (Å²) in [5, 5.41) is -0.169. The maximum atomic E-state index is 12.2. The Hall–Kier alpha value is -0.180. The van der Waals surface area contributed by atoms with Crippen molar-refractivity contribution in [3.8, 4) is 0 Å². The van der Waals surface area contributed by atoms with Crippen LogP contribution in [0.5, 0.6) is 0 Å². The second-order valence-electron chi connectivity index (χ2n) is 5.72. The number of nitrogens with zero attached hydrogens (tertiary/aromatic N) is 1. The summed E-state index contributed by atoms with van der Waals surface area (Å²) in [5.41, 5.74) is 0. The highest BCUT2D eigenvalue weighted by Crippen LogP contribution is 2.15.